The van der Waals surface area contributed by atoms with Crippen LogP contribution >= 0.6 is 0 Å². The first kappa shape index (κ1) is 13.1. The van der Waals surface area contributed by atoms with Crippen LogP contribution in [0.5, 0.6) is 0 Å². The van der Waals surface area contributed by atoms with Crippen LogP contribution in [0.3, 0.4) is 0 Å². The summed E-state index contributed by atoms with van der Waals surface area (Å²) >= 11 is 0. The fourth-order valence-electron chi connectivity index (χ4n) is 1.46. The van der Waals surface area contributed by atoms with Crippen molar-refractivity contribution in [1.82, 2.24) is 5.32 Å². The van der Waals surface area contributed by atoms with Gasteiger partial charge in [0.25, 0.3) is 5.69 Å². The molecule has 0 spiro atoms. The van der Waals surface area contributed by atoms with Gasteiger partial charge in [0.2, 0.25) is 5.91 Å². The maximum Gasteiger partial charge on any atom is 0.269 e. The number of nitrogens with zero attached hydrogens (tertiary/aromatic N) is 1. The lowest BCUT2D eigenvalue weighted by Gasteiger charge is -2.17. The highest BCUT2D eigenvalue weighted by molar-refractivity contribution is 5.79. The van der Waals surface area contributed by atoms with Crippen LogP contribution in [0.15, 0.2) is 24.3 Å². The molecule has 0 saturated carbocycles. The topological polar surface area (TPSA) is 98.3 Å². The zero-order valence-electron chi connectivity index (χ0n) is 9.71. The first-order valence-corrected chi connectivity index (χ1v) is 5.21. The number of carbonyl (C=O) groups excluding carboxylic acids is 1. The minimum atomic E-state index is -0.482. The van der Waals surface area contributed by atoms with Crippen molar-refractivity contribution in [3.63, 3.8) is 0 Å². The Bertz CT molecular complexity index is 434. The Morgan fingerprint density at radius 3 is 2.65 bits per heavy atom. The van der Waals surface area contributed by atoms with Crippen molar-refractivity contribution in [2.45, 2.75) is 25.9 Å². The average molecular weight is 237 g/mol. The second kappa shape index (κ2) is 5.40. The molecule has 0 saturated heterocycles. The fraction of sp³-hybridized carbons (Fsp3) is 0.364. The number of nitrogens with one attached hydrogen (secondary N) is 1. The molecule has 2 atom stereocenters. The summed E-state index contributed by atoms with van der Waals surface area (Å²) in [5.74, 6) is -0.456. The summed E-state index contributed by atoms with van der Waals surface area (Å²) in [6, 6.07) is 5.61. The highest BCUT2D eigenvalue weighted by atomic mass is 16.6. The van der Waals surface area contributed by atoms with Crippen LogP contribution < -0.4 is 11.1 Å². The third kappa shape index (κ3) is 3.53. The van der Waals surface area contributed by atoms with Gasteiger partial charge in [0.15, 0.2) is 0 Å². The molecule has 0 aliphatic rings. The number of hydrogen-bond acceptors (Lipinski definition) is 4. The van der Waals surface area contributed by atoms with E-state index in [1.54, 1.807) is 19.1 Å². The van der Waals surface area contributed by atoms with Crippen LogP contribution in [0.1, 0.15) is 25.5 Å². The monoisotopic (exact) mass is 237 g/mol. The van der Waals surface area contributed by atoms with Gasteiger partial charge in [-0.2, -0.15) is 0 Å². The summed E-state index contributed by atoms with van der Waals surface area (Å²) in [6.45, 7) is 3.47. The lowest BCUT2D eigenvalue weighted by Crippen LogP contribution is -2.39. The maximum atomic E-state index is 10.9. The van der Waals surface area contributed by atoms with Crippen molar-refractivity contribution < 1.29 is 9.72 Å². The Morgan fingerprint density at radius 2 is 2.12 bits per heavy atom. The molecular formula is C11H15N3O3. The van der Waals surface area contributed by atoms with E-state index in [0.717, 1.165) is 5.56 Å². The summed E-state index contributed by atoms with van der Waals surface area (Å²) < 4.78 is 0. The van der Waals surface area contributed by atoms with Crippen LogP contribution in [0.2, 0.25) is 0 Å². The van der Waals surface area contributed by atoms with Crippen molar-refractivity contribution in [2.24, 2.45) is 5.73 Å². The zero-order chi connectivity index (χ0) is 13.0. The number of carbonyl (C=O) groups is 1. The molecule has 92 valence electrons. The van der Waals surface area contributed by atoms with Crippen molar-refractivity contribution in [3.8, 4) is 0 Å². The molecule has 1 amide bonds. The average Bonchev–Trinajstić information content (AvgIpc) is 2.28. The van der Waals surface area contributed by atoms with Crippen molar-refractivity contribution in [3.05, 3.63) is 39.9 Å². The Kier molecular flexibility index (Phi) is 4.17. The van der Waals surface area contributed by atoms with Gasteiger partial charge in [-0.1, -0.05) is 12.1 Å². The molecule has 0 aromatic heterocycles. The molecule has 0 heterocycles. The summed E-state index contributed by atoms with van der Waals surface area (Å²) in [7, 11) is 0. The van der Waals surface area contributed by atoms with Crippen LogP contribution in [-0.4, -0.2) is 16.9 Å². The quantitative estimate of drug-likeness (QED) is 0.592. The lowest BCUT2D eigenvalue weighted by molar-refractivity contribution is -0.384. The van der Waals surface area contributed by atoms with E-state index in [4.69, 9.17) is 5.73 Å². The van der Waals surface area contributed by atoms with Crippen LogP contribution in [-0.2, 0) is 4.79 Å². The maximum absolute atomic E-state index is 10.9. The number of nitrogens with two attached hydrogens (primary N) is 1. The normalized spacial score (nSPS) is 14.0. The van der Waals surface area contributed by atoms with Crippen molar-refractivity contribution in [1.29, 1.82) is 0 Å². The second-order valence-electron chi connectivity index (χ2n) is 3.86. The van der Waals surface area contributed by atoms with Crippen LogP contribution in [0.25, 0.3) is 0 Å². The van der Waals surface area contributed by atoms with Crippen molar-refractivity contribution in [2.75, 3.05) is 0 Å². The van der Waals surface area contributed by atoms with Crippen molar-refractivity contribution >= 4 is 11.6 Å². The van der Waals surface area contributed by atoms with Crippen LogP contribution in [0, 0.1) is 10.1 Å². The molecule has 1 aromatic rings. The van der Waals surface area contributed by atoms with Gasteiger partial charge in [-0.15, -0.1) is 0 Å². The molecule has 3 N–H and O–H groups in total. The van der Waals surface area contributed by atoms with E-state index in [9.17, 15) is 14.9 Å². The molecule has 6 heteroatoms. The molecule has 1 aromatic carbocycles. The fourth-order valence-corrected chi connectivity index (χ4v) is 1.46. The van der Waals surface area contributed by atoms with E-state index >= 15 is 0 Å². The molecule has 0 fully saturated rings. The second-order valence-corrected chi connectivity index (χ2v) is 3.86. The van der Waals surface area contributed by atoms with E-state index in [-0.39, 0.29) is 11.7 Å². The Hall–Kier alpha value is -1.95. The van der Waals surface area contributed by atoms with Gasteiger partial charge in [-0.3, -0.25) is 20.2 Å². The van der Waals surface area contributed by atoms with E-state index in [1.165, 1.54) is 12.1 Å². The summed E-state index contributed by atoms with van der Waals surface area (Å²) in [5.41, 5.74) is 5.90. The van der Waals surface area contributed by atoms with Gasteiger partial charge in [0.05, 0.1) is 11.0 Å². The molecule has 0 aliphatic heterocycles. The number of amides is 1. The summed E-state index contributed by atoms with van der Waals surface area (Å²) in [5, 5.41) is 13.6. The molecule has 2 unspecified atom stereocenters. The van der Waals surface area contributed by atoms with E-state index in [2.05, 4.69) is 5.32 Å². The summed E-state index contributed by atoms with van der Waals surface area (Å²) in [6.07, 6.45) is 0. The third-order valence-electron chi connectivity index (χ3n) is 2.51. The predicted molar refractivity (Wildman–Crippen MR) is 63.3 cm³/mol. The molecule has 0 bridgehead atoms. The van der Waals surface area contributed by atoms with Gasteiger partial charge in [0.1, 0.15) is 0 Å². The van der Waals surface area contributed by atoms with Gasteiger partial charge in [-0.05, 0) is 19.4 Å². The first-order valence-electron chi connectivity index (χ1n) is 5.21. The third-order valence-corrected chi connectivity index (χ3v) is 2.51. The van der Waals surface area contributed by atoms with Gasteiger partial charge in [0, 0.05) is 18.2 Å². The zero-order valence-corrected chi connectivity index (χ0v) is 9.71. The highest BCUT2D eigenvalue weighted by Gasteiger charge is 2.15. The largest absolute Gasteiger partial charge is 0.368 e. The van der Waals surface area contributed by atoms with E-state index in [1.807, 2.05) is 6.92 Å². The van der Waals surface area contributed by atoms with Gasteiger partial charge >= 0.3 is 0 Å². The number of rotatable bonds is 5. The first-order chi connectivity index (χ1) is 7.91. The standard InChI is InChI=1S/C11H15N3O3/c1-7(13-8(2)11(12)15)9-4-3-5-10(6-9)14(16)17/h3-8,13H,1-2H3,(H2,12,15). The molecule has 0 aliphatic carbocycles. The molecule has 17 heavy (non-hydrogen) atoms. The van der Waals surface area contributed by atoms with E-state index < -0.39 is 16.9 Å². The Morgan fingerprint density at radius 1 is 1.47 bits per heavy atom. The SMILES string of the molecule is CC(NC(C)c1cccc([N+](=O)[O-])c1)C(N)=O. The Labute approximate surface area is 99.0 Å². The molecular weight excluding hydrogens is 222 g/mol. The minimum Gasteiger partial charge on any atom is -0.368 e. The predicted octanol–water partition coefficient (Wildman–Crippen LogP) is 1.12. The number of primary amides is 1. The number of nitro benzene ring substituents is 1. The minimum absolute atomic E-state index is 0.0304. The van der Waals surface area contributed by atoms with Crippen LogP contribution in [0.4, 0.5) is 5.69 Å². The smallest absolute Gasteiger partial charge is 0.269 e. The van der Waals surface area contributed by atoms with E-state index in [0.29, 0.717) is 0 Å². The van der Waals surface area contributed by atoms with Gasteiger partial charge in [-0.25, -0.2) is 0 Å². The summed E-state index contributed by atoms with van der Waals surface area (Å²) in [4.78, 5) is 21.1. The Balaban J connectivity index is 2.82. The highest BCUT2D eigenvalue weighted by Crippen LogP contribution is 2.19. The number of hydrogen-bond donors (Lipinski definition) is 2. The number of non-ortho nitro benzene ring substituents is 1. The lowest BCUT2D eigenvalue weighted by atomic mass is 10.1. The van der Waals surface area contributed by atoms with Gasteiger partial charge < -0.3 is 5.73 Å². The number of nitro groups is 1. The molecule has 6 nitrogen and oxygen atoms in total. The number of benzene rings is 1. The molecule has 0 radical (unpaired) electrons. The molecule has 1 rings (SSSR count).